The Morgan fingerprint density at radius 2 is 1.81 bits per heavy atom. The van der Waals surface area contributed by atoms with Crippen LogP contribution >= 0.6 is 11.6 Å². The highest BCUT2D eigenvalue weighted by Gasteiger charge is 2.21. The second-order valence-electron chi connectivity index (χ2n) is 3.31. The van der Waals surface area contributed by atoms with Crippen molar-refractivity contribution in [2.75, 3.05) is 0 Å². The second kappa shape index (κ2) is 4.18. The first-order valence-electron chi connectivity index (χ1n) is 4.61. The van der Waals surface area contributed by atoms with Crippen molar-refractivity contribution in [2.45, 2.75) is 6.43 Å². The normalized spacial score (nSPS) is 11.0. The van der Waals surface area contributed by atoms with Gasteiger partial charge in [-0.1, -0.05) is 41.9 Å². The van der Waals surface area contributed by atoms with Gasteiger partial charge in [-0.3, -0.25) is 4.79 Å². The fourth-order valence-electron chi connectivity index (χ4n) is 1.54. The van der Waals surface area contributed by atoms with Crippen LogP contribution in [0.2, 0.25) is 5.02 Å². The minimum atomic E-state index is -3.03. The Morgan fingerprint density at radius 3 is 2.50 bits per heavy atom. The summed E-state index contributed by atoms with van der Waals surface area (Å²) in [5, 5.41) is 1.51. The molecule has 0 heterocycles. The van der Waals surface area contributed by atoms with Crippen molar-refractivity contribution in [3.8, 4) is 0 Å². The van der Waals surface area contributed by atoms with Crippen molar-refractivity contribution in [3.05, 3.63) is 47.0 Å². The number of ketones is 1. The maximum atomic E-state index is 12.3. The largest absolute Gasteiger partial charge is 0.300 e. The van der Waals surface area contributed by atoms with Crippen molar-refractivity contribution in [3.63, 3.8) is 0 Å². The molecule has 1 nitrogen and oxygen atoms in total. The Morgan fingerprint density at radius 1 is 1.12 bits per heavy atom. The van der Waals surface area contributed by atoms with Gasteiger partial charge >= 0.3 is 6.43 Å². The number of carbonyl (C=O) groups is 1. The first kappa shape index (κ1) is 11.0. The maximum Gasteiger partial charge on any atom is 0.300 e. The lowest BCUT2D eigenvalue weighted by atomic mass is 10.0. The van der Waals surface area contributed by atoms with Gasteiger partial charge in [0.25, 0.3) is 0 Å². The number of benzene rings is 2. The van der Waals surface area contributed by atoms with Crippen LogP contribution in [0.3, 0.4) is 0 Å². The Labute approximate surface area is 95.6 Å². The van der Waals surface area contributed by atoms with E-state index in [0.29, 0.717) is 5.39 Å². The van der Waals surface area contributed by atoms with Crippen molar-refractivity contribution in [1.29, 1.82) is 0 Å². The molecular formula is C12H7ClF2O. The van der Waals surface area contributed by atoms with Crippen molar-refractivity contribution in [1.82, 2.24) is 0 Å². The molecule has 0 fully saturated rings. The summed E-state index contributed by atoms with van der Waals surface area (Å²) < 4.78 is 24.6. The van der Waals surface area contributed by atoms with Gasteiger partial charge in [0.1, 0.15) is 0 Å². The summed E-state index contributed by atoms with van der Waals surface area (Å²) in [6, 6.07) is 9.99. The zero-order valence-electron chi connectivity index (χ0n) is 8.08. The molecule has 2 aromatic rings. The Kier molecular flexibility index (Phi) is 2.88. The van der Waals surface area contributed by atoms with E-state index in [9.17, 15) is 13.6 Å². The third-order valence-electron chi connectivity index (χ3n) is 2.33. The second-order valence-corrected chi connectivity index (χ2v) is 3.69. The molecule has 0 atom stereocenters. The smallest absolute Gasteiger partial charge is 0.288 e. The molecule has 0 saturated carbocycles. The molecule has 0 N–H and O–H groups in total. The number of hydrogen-bond acceptors (Lipinski definition) is 1. The molecule has 16 heavy (non-hydrogen) atoms. The summed E-state index contributed by atoms with van der Waals surface area (Å²) in [4.78, 5) is 11.2. The minimum Gasteiger partial charge on any atom is -0.288 e. The van der Waals surface area contributed by atoms with Crippen molar-refractivity contribution < 1.29 is 13.6 Å². The summed E-state index contributed by atoms with van der Waals surface area (Å²) >= 11 is 5.93. The van der Waals surface area contributed by atoms with Crippen LogP contribution < -0.4 is 0 Å². The Balaban J connectivity index is 2.65. The van der Waals surface area contributed by atoms with E-state index in [1.165, 1.54) is 6.07 Å². The molecule has 2 aromatic carbocycles. The van der Waals surface area contributed by atoms with Gasteiger partial charge in [-0.2, -0.15) is 0 Å². The molecule has 0 aliphatic carbocycles. The van der Waals surface area contributed by atoms with E-state index in [0.717, 1.165) is 5.39 Å². The average molecular weight is 241 g/mol. The molecule has 0 aromatic heterocycles. The molecule has 0 spiro atoms. The number of rotatable bonds is 2. The lowest BCUT2D eigenvalue weighted by Crippen LogP contribution is -2.10. The molecule has 0 amide bonds. The van der Waals surface area contributed by atoms with Crippen LogP contribution in [-0.4, -0.2) is 12.2 Å². The molecule has 0 radical (unpaired) electrons. The van der Waals surface area contributed by atoms with Crippen LogP contribution in [0.25, 0.3) is 10.8 Å². The van der Waals surface area contributed by atoms with E-state index < -0.39 is 12.2 Å². The highest BCUT2D eigenvalue weighted by Crippen LogP contribution is 2.28. The minimum absolute atomic E-state index is 0.0865. The molecule has 0 bridgehead atoms. The first-order chi connectivity index (χ1) is 7.61. The number of Topliss-reactive ketones (excluding diaryl/α,β-unsaturated/α-hetero) is 1. The highest BCUT2D eigenvalue weighted by atomic mass is 35.5. The number of alkyl halides is 2. The summed E-state index contributed by atoms with van der Waals surface area (Å²) in [6.07, 6.45) is -3.03. The molecule has 4 heteroatoms. The van der Waals surface area contributed by atoms with Crippen LogP contribution in [0.5, 0.6) is 0 Å². The van der Waals surface area contributed by atoms with Gasteiger partial charge in [0, 0.05) is 10.9 Å². The van der Waals surface area contributed by atoms with Gasteiger partial charge in [0.2, 0.25) is 5.78 Å². The SMILES string of the molecule is O=C(c1ccc2ccccc2c1Cl)C(F)F. The lowest BCUT2D eigenvalue weighted by molar-refractivity contribution is 0.0679. The van der Waals surface area contributed by atoms with Crippen LogP contribution in [0.15, 0.2) is 36.4 Å². The van der Waals surface area contributed by atoms with Gasteiger partial charge in [0.05, 0.1) is 5.02 Å². The van der Waals surface area contributed by atoms with Gasteiger partial charge in [-0.05, 0) is 11.5 Å². The molecule has 0 aliphatic rings. The molecule has 0 saturated heterocycles. The van der Waals surface area contributed by atoms with E-state index in [4.69, 9.17) is 11.6 Å². The fraction of sp³-hybridized carbons (Fsp3) is 0.0833. The molecule has 0 aliphatic heterocycles. The first-order valence-corrected chi connectivity index (χ1v) is 4.98. The zero-order valence-corrected chi connectivity index (χ0v) is 8.84. The van der Waals surface area contributed by atoms with E-state index >= 15 is 0 Å². The van der Waals surface area contributed by atoms with E-state index in [2.05, 4.69) is 0 Å². The van der Waals surface area contributed by atoms with Crippen LogP contribution in [0, 0.1) is 0 Å². The predicted octanol–water partition coefficient (Wildman–Crippen LogP) is 3.94. The maximum absolute atomic E-state index is 12.3. The Hall–Kier alpha value is -1.48. The Bertz CT molecular complexity index is 552. The molecule has 2 rings (SSSR count). The third-order valence-corrected chi connectivity index (χ3v) is 2.73. The molecular weight excluding hydrogens is 234 g/mol. The summed E-state index contributed by atoms with van der Waals surface area (Å²) in [5.74, 6) is -1.24. The van der Waals surface area contributed by atoms with E-state index in [-0.39, 0.29) is 10.6 Å². The highest BCUT2D eigenvalue weighted by molar-refractivity contribution is 6.38. The average Bonchev–Trinajstić information content (AvgIpc) is 2.29. The van der Waals surface area contributed by atoms with Gasteiger partial charge in [-0.25, -0.2) is 8.78 Å². The number of halogens is 3. The topological polar surface area (TPSA) is 17.1 Å². The van der Waals surface area contributed by atoms with Crippen LogP contribution in [0.1, 0.15) is 10.4 Å². The number of carbonyl (C=O) groups excluding carboxylic acids is 1. The summed E-state index contributed by atoms with van der Waals surface area (Å²) in [6.45, 7) is 0. The zero-order chi connectivity index (χ0) is 11.7. The molecule has 82 valence electrons. The molecule has 0 unspecified atom stereocenters. The number of hydrogen-bond donors (Lipinski definition) is 0. The van der Waals surface area contributed by atoms with E-state index in [1.807, 2.05) is 6.07 Å². The van der Waals surface area contributed by atoms with Gasteiger partial charge in [0.15, 0.2) is 0 Å². The third kappa shape index (κ3) is 1.78. The van der Waals surface area contributed by atoms with Gasteiger partial charge in [-0.15, -0.1) is 0 Å². The monoisotopic (exact) mass is 240 g/mol. The summed E-state index contributed by atoms with van der Waals surface area (Å²) in [7, 11) is 0. The van der Waals surface area contributed by atoms with E-state index in [1.54, 1.807) is 24.3 Å². The number of fused-ring (bicyclic) bond motifs is 1. The van der Waals surface area contributed by atoms with Crippen molar-refractivity contribution >= 4 is 28.2 Å². The predicted molar refractivity (Wildman–Crippen MR) is 59.3 cm³/mol. The van der Waals surface area contributed by atoms with Gasteiger partial charge < -0.3 is 0 Å². The standard InChI is InChI=1S/C12H7ClF2O/c13-10-8-4-2-1-3-7(8)5-6-9(10)11(16)12(14)15/h1-6,12H. The van der Waals surface area contributed by atoms with Crippen LogP contribution in [-0.2, 0) is 0 Å². The van der Waals surface area contributed by atoms with Crippen LogP contribution in [0.4, 0.5) is 8.78 Å². The van der Waals surface area contributed by atoms with Crippen molar-refractivity contribution in [2.24, 2.45) is 0 Å². The summed E-state index contributed by atoms with van der Waals surface area (Å²) in [5.41, 5.74) is -0.129. The quantitative estimate of drug-likeness (QED) is 0.727. The fourth-order valence-corrected chi connectivity index (χ4v) is 1.87. The lowest BCUT2D eigenvalue weighted by Gasteiger charge is -2.06.